The first kappa shape index (κ1) is 20.0. The number of carbonyl (C=O) groups is 1. The summed E-state index contributed by atoms with van der Waals surface area (Å²) in [4.78, 5) is 15.4. The van der Waals surface area contributed by atoms with Crippen LogP contribution in [0.3, 0.4) is 0 Å². The molecule has 3 fully saturated rings. The van der Waals surface area contributed by atoms with Gasteiger partial charge >= 0.3 is 0 Å². The third-order valence-corrected chi connectivity index (χ3v) is 8.43. The van der Waals surface area contributed by atoms with Crippen molar-refractivity contribution < 1.29 is 9.90 Å². The van der Waals surface area contributed by atoms with Crippen molar-refractivity contribution in [3.63, 3.8) is 0 Å². The minimum absolute atomic E-state index is 0.0371. The topological polar surface area (TPSA) is 92.6 Å². The molecule has 0 unspecified atom stereocenters. The summed E-state index contributed by atoms with van der Waals surface area (Å²) in [5.74, 6) is -0.0371. The highest BCUT2D eigenvalue weighted by molar-refractivity contribution is 5.96. The van der Waals surface area contributed by atoms with Crippen LogP contribution in [0.25, 0.3) is 0 Å². The molecule has 4 rings (SSSR count). The monoisotopic (exact) mass is 385 g/mol. The molecular formula is C23H35N3O2. The van der Waals surface area contributed by atoms with Gasteiger partial charge in [-0.1, -0.05) is 30.3 Å². The van der Waals surface area contributed by atoms with Gasteiger partial charge < -0.3 is 16.6 Å². The van der Waals surface area contributed by atoms with Crippen LogP contribution >= 0.6 is 0 Å². The number of hydrogen-bond acceptors (Lipinski definition) is 5. The summed E-state index contributed by atoms with van der Waals surface area (Å²) in [7, 11) is 4.28. The smallest absolute Gasteiger partial charge is 0.169 e. The first-order valence-corrected chi connectivity index (χ1v) is 10.7. The number of nitrogens with two attached hydrogens (primary N) is 2. The van der Waals surface area contributed by atoms with Crippen LogP contribution in [0.4, 0.5) is 0 Å². The molecule has 2 atom stereocenters. The van der Waals surface area contributed by atoms with E-state index in [2.05, 4.69) is 49.3 Å². The molecule has 0 aromatic heterocycles. The number of hydrogen-bond donors (Lipinski definition) is 3. The van der Waals surface area contributed by atoms with Crippen LogP contribution in [-0.4, -0.2) is 47.1 Å². The van der Waals surface area contributed by atoms with Crippen molar-refractivity contribution in [3.8, 4) is 0 Å². The van der Waals surface area contributed by atoms with Crippen molar-refractivity contribution in [1.29, 1.82) is 0 Å². The van der Waals surface area contributed by atoms with Gasteiger partial charge in [-0.15, -0.1) is 0 Å². The summed E-state index contributed by atoms with van der Waals surface area (Å²) in [5.41, 5.74) is 12.3. The number of ketones is 1. The lowest BCUT2D eigenvalue weighted by Gasteiger charge is -2.55. The second-order valence-electron chi connectivity index (χ2n) is 9.97. The van der Waals surface area contributed by atoms with E-state index in [0.717, 1.165) is 44.9 Å². The van der Waals surface area contributed by atoms with Crippen LogP contribution in [0.2, 0.25) is 0 Å². The van der Waals surface area contributed by atoms with Crippen LogP contribution in [0.1, 0.15) is 63.4 Å². The lowest BCUT2D eigenvalue weighted by atomic mass is 9.55. The van der Waals surface area contributed by atoms with E-state index in [4.69, 9.17) is 11.5 Å². The lowest BCUT2D eigenvalue weighted by Crippen LogP contribution is -2.64. The standard InChI is InChI=1S/C23H35N3O2/c1-26(2)22(17-7-4-3-5-8-17)13-11-20(12-14-22)15-18(24)19(27)23(20,25)16-21(28)9-6-10-21/h3-5,7-8,18,28H,6,9-16,24-25H2,1-2H3/t18-,20?,22?,23-/m0/s1. The normalized spacial score (nSPS) is 40.1. The van der Waals surface area contributed by atoms with E-state index in [9.17, 15) is 9.90 Å². The van der Waals surface area contributed by atoms with Gasteiger partial charge in [-0.25, -0.2) is 0 Å². The van der Waals surface area contributed by atoms with Gasteiger partial charge in [0.05, 0.1) is 17.2 Å². The van der Waals surface area contributed by atoms with Crippen LogP contribution < -0.4 is 11.5 Å². The summed E-state index contributed by atoms with van der Waals surface area (Å²) in [5, 5.41) is 10.8. The van der Waals surface area contributed by atoms with E-state index in [1.807, 2.05) is 0 Å². The molecule has 3 aliphatic rings. The van der Waals surface area contributed by atoms with Crippen molar-refractivity contribution in [2.75, 3.05) is 14.1 Å². The molecule has 5 heteroatoms. The number of benzene rings is 1. The highest BCUT2D eigenvalue weighted by Gasteiger charge is 2.65. The predicted octanol–water partition coefficient (Wildman–Crippen LogP) is 2.31. The van der Waals surface area contributed by atoms with E-state index >= 15 is 0 Å². The molecule has 3 aliphatic carbocycles. The molecule has 1 aromatic carbocycles. The third-order valence-electron chi connectivity index (χ3n) is 8.43. The lowest BCUT2D eigenvalue weighted by molar-refractivity contribution is -0.134. The quantitative estimate of drug-likeness (QED) is 0.740. The molecule has 1 aromatic rings. The Balaban J connectivity index is 1.65. The average Bonchev–Trinajstić information content (AvgIpc) is 2.83. The van der Waals surface area contributed by atoms with Crippen molar-refractivity contribution >= 4 is 5.78 Å². The van der Waals surface area contributed by atoms with Crippen molar-refractivity contribution in [3.05, 3.63) is 35.9 Å². The summed E-state index contributed by atoms with van der Waals surface area (Å²) in [6, 6.07) is 10.2. The Morgan fingerprint density at radius 1 is 1.07 bits per heavy atom. The zero-order valence-corrected chi connectivity index (χ0v) is 17.3. The molecule has 0 aliphatic heterocycles. The van der Waals surface area contributed by atoms with E-state index in [1.54, 1.807) is 0 Å². The molecule has 5 nitrogen and oxygen atoms in total. The van der Waals surface area contributed by atoms with E-state index in [-0.39, 0.29) is 16.7 Å². The number of Topliss-reactive ketones (excluding diaryl/α,β-unsaturated/α-hetero) is 1. The average molecular weight is 386 g/mol. The van der Waals surface area contributed by atoms with Crippen LogP contribution in [-0.2, 0) is 10.3 Å². The Labute approximate surface area is 168 Å². The Morgan fingerprint density at radius 2 is 1.68 bits per heavy atom. The zero-order chi connectivity index (χ0) is 20.2. The first-order chi connectivity index (χ1) is 13.2. The van der Waals surface area contributed by atoms with Gasteiger partial charge in [0.2, 0.25) is 0 Å². The van der Waals surface area contributed by atoms with Gasteiger partial charge in [-0.05, 0) is 76.4 Å². The van der Waals surface area contributed by atoms with E-state index < -0.39 is 17.2 Å². The molecule has 0 saturated heterocycles. The fourth-order valence-corrected chi connectivity index (χ4v) is 6.38. The third kappa shape index (κ3) is 2.78. The molecule has 0 radical (unpaired) electrons. The molecule has 154 valence electrons. The number of rotatable bonds is 4. The van der Waals surface area contributed by atoms with E-state index in [1.165, 1.54) is 5.56 Å². The fourth-order valence-electron chi connectivity index (χ4n) is 6.38. The van der Waals surface area contributed by atoms with Gasteiger partial charge in [0, 0.05) is 12.0 Å². The highest BCUT2D eigenvalue weighted by Crippen LogP contribution is 2.59. The predicted molar refractivity (Wildman–Crippen MR) is 111 cm³/mol. The summed E-state index contributed by atoms with van der Waals surface area (Å²) in [6.45, 7) is 0. The van der Waals surface area contributed by atoms with Gasteiger partial charge in [0.15, 0.2) is 5.78 Å². The van der Waals surface area contributed by atoms with Crippen molar-refractivity contribution in [1.82, 2.24) is 4.90 Å². The molecule has 5 N–H and O–H groups in total. The highest BCUT2D eigenvalue weighted by atomic mass is 16.3. The zero-order valence-electron chi connectivity index (χ0n) is 17.3. The molecule has 28 heavy (non-hydrogen) atoms. The first-order valence-electron chi connectivity index (χ1n) is 10.7. The van der Waals surface area contributed by atoms with Gasteiger partial charge in [0.1, 0.15) is 0 Å². The SMILES string of the molecule is CN(C)C1(c2ccccc2)CCC2(CC1)C[C@H](N)C(=O)[C@@]2(N)CC1(O)CCC1. The maximum Gasteiger partial charge on any atom is 0.169 e. The molecule has 0 bridgehead atoms. The summed E-state index contributed by atoms with van der Waals surface area (Å²) < 4.78 is 0. The Bertz CT molecular complexity index is 735. The van der Waals surface area contributed by atoms with Crippen LogP contribution in [0.5, 0.6) is 0 Å². The Morgan fingerprint density at radius 3 is 2.18 bits per heavy atom. The van der Waals surface area contributed by atoms with Crippen molar-refractivity contribution in [2.24, 2.45) is 16.9 Å². The van der Waals surface area contributed by atoms with Gasteiger partial charge in [-0.3, -0.25) is 9.69 Å². The van der Waals surface area contributed by atoms with Crippen molar-refractivity contribution in [2.45, 2.75) is 80.5 Å². The number of carbonyl (C=O) groups excluding carboxylic acids is 1. The minimum atomic E-state index is -1.00. The Hall–Kier alpha value is -1.27. The second-order valence-corrected chi connectivity index (χ2v) is 9.97. The van der Waals surface area contributed by atoms with Crippen LogP contribution in [0.15, 0.2) is 30.3 Å². The number of nitrogens with zero attached hydrogens (tertiary/aromatic N) is 1. The second kappa shape index (κ2) is 6.63. The molecule has 0 heterocycles. The number of aliphatic hydroxyl groups is 1. The molecule has 1 spiro atoms. The minimum Gasteiger partial charge on any atom is -0.390 e. The van der Waals surface area contributed by atoms with Crippen LogP contribution in [0, 0.1) is 5.41 Å². The molecule has 0 amide bonds. The van der Waals surface area contributed by atoms with Gasteiger partial charge in [-0.2, -0.15) is 0 Å². The molecule has 3 saturated carbocycles. The maximum atomic E-state index is 13.1. The fraction of sp³-hybridized carbons (Fsp3) is 0.696. The maximum absolute atomic E-state index is 13.1. The molecular weight excluding hydrogens is 350 g/mol. The Kier molecular flexibility index (Phi) is 4.74. The summed E-state index contributed by atoms with van der Waals surface area (Å²) in [6.07, 6.45) is 7.15. The van der Waals surface area contributed by atoms with E-state index in [0.29, 0.717) is 12.8 Å². The largest absolute Gasteiger partial charge is 0.390 e. The summed E-state index contributed by atoms with van der Waals surface area (Å²) >= 11 is 0. The van der Waals surface area contributed by atoms with Gasteiger partial charge in [0.25, 0.3) is 0 Å².